The van der Waals surface area contributed by atoms with Crippen LogP contribution in [0.3, 0.4) is 0 Å². The molecule has 0 radical (unpaired) electrons. The van der Waals surface area contributed by atoms with Crippen molar-refractivity contribution in [3.63, 3.8) is 0 Å². The van der Waals surface area contributed by atoms with Crippen molar-refractivity contribution >= 4 is 17.8 Å². The Morgan fingerprint density at radius 3 is 2.21 bits per heavy atom. The molecule has 5 unspecified atom stereocenters. The third-order valence-electron chi connectivity index (χ3n) is 3.56. The number of aliphatic carboxylic acids is 1. The Bertz CT molecular complexity index is 384. The third-order valence-corrected chi connectivity index (χ3v) is 3.56. The van der Waals surface area contributed by atoms with Crippen molar-refractivity contribution in [3.05, 3.63) is 0 Å². The summed E-state index contributed by atoms with van der Waals surface area (Å²) in [5, 5.41) is 11.3. The van der Waals surface area contributed by atoms with Gasteiger partial charge in [-0.15, -0.1) is 0 Å². The molecule has 0 saturated carbocycles. The molecular formula is C12H20N2O5. The van der Waals surface area contributed by atoms with Gasteiger partial charge in [-0.25, -0.2) is 4.79 Å². The lowest BCUT2D eigenvalue weighted by atomic mass is 9.88. The molecule has 19 heavy (non-hydrogen) atoms. The van der Waals surface area contributed by atoms with Crippen molar-refractivity contribution in [2.24, 2.45) is 17.6 Å². The van der Waals surface area contributed by atoms with E-state index >= 15 is 0 Å². The molecule has 0 aliphatic carbocycles. The molecule has 1 fully saturated rings. The van der Waals surface area contributed by atoms with Crippen molar-refractivity contribution in [1.29, 1.82) is 0 Å². The first-order valence-electron chi connectivity index (χ1n) is 6.21. The molecule has 1 rings (SSSR count). The number of primary amides is 1. The normalized spacial score (nSPS) is 31.7. The molecule has 0 spiro atoms. The molecule has 0 aromatic rings. The van der Waals surface area contributed by atoms with Crippen molar-refractivity contribution in [3.8, 4) is 0 Å². The van der Waals surface area contributed by atoms with Crippen LogP contribution in [0.2, 0.25) is 0 Å². The first-order chi connectivity index (χ1) is 8.73. The number of ether oxygens (including phenoxy) is 1. The van der Waals surface area contributed by atoms with E-state index in [2.05, 4.69) is 5.32 Å². The van der Waals surface area contributed by atoms with Gasteiger partial charge in [0.05, 0.1) is 24.5 Å². The van der Waals surface area contributed by atoms with Crippen LogP contribution in [0.25, 0.3) is 0 Å². The predicted octanol–water partition coefficient (Wildman–Crippen LogP) is -0.509. The van der Waals surface area contributed by atoms with Crippen LogP contribution < -0.4 is 11.1 Å². The van der Waals surface area contributed by atoms with E-state index in [0.717, 1.165) is 0 Å². The lowest BCUT2D eigenvalue weighted by Gasteiger charge is -2.20. The number of rotatable bonds is 5. The first-order valence-corrected chi connectivity index (χ1v) is 6.21. The Morgan fingerprint density at radius 1 is 1.26 bits per heavy atom. The molecule has 1 aliphatic heterocycles. The second-order valence-corrected chi connectivity index (χ2v) is 5.00. The zero-order valence-electron chi connectivity index (χ0n) is 11.3. The SMILES string of the molecule is CC1OC(C)C(C(=O)NC(CC(N)=O)C(=O)O)C1C. The molecule has 108 valence electrons. The fraction of sp³-hybridized carbons (Fsp3) is 0.750. The third kappa shape index (κ3) is 3.66. The number of nitrogens with two attached hydrogens (primary N) is 1. The minimum Gasteiger partial charge on any atom is -0.480 e. The molecule has 1 heterocycles. The molecule has 0 aromatic carbocycles. The van der Waals surface area contributed by atoms with Gasteiger partial charge in [0.15, 0.2) is 0 Å². The summed E-state index contributed by atoms with van der Waals surface area (Å²) in [7, 11) is 0. The Labute approximate surface area is 111 Å². The van der Waals surface area contributed by atoms with Crippen LogP contribution in [0.4, 0.5) is 0 Å². The molecule has 7 nitrogen and oxygen atoms in total. The number of hydrogen-bond acceptors (Lipinski definition) is 4. The molecule has 5 atom stereocenters. The number of amides is 2. The van der Waals surface area contributed by atoms with Gasteiger partial charge in [0.2, 0.25) is 11.8 Å². The highest BCUT2D eigenvalue weighted by molar-refractivity contribution is 5.89. The maximum Gasteiger partial charge on any atom is 0.326 e. The zero-order valence-corrected chi connectivity index (χ0v) is 11.3. The van der Waals surface area contributed by atoms with E-state index in [4.69, 9.17) is 15.6 Å². The fourth-order valence-electron chi connectivity index (χ4n) is 2.39. The van der Waals surface area contributed by atoms with Crippen LogP contribution in [0.5, 0.6) is 0 Å². The van der Waals surface area contributed by atoms with Crippen molar-refractivity contribution in [1.82, 2.24) is 5.32 Å². The molecular weight excluding hydrogens is 252 g/mol. The topological polar surface area (TPSA) is 119 Å². The van der Waals surface area contributed by atoms with Gasteiger partial charge in [0.25, 0.3) is 0 Å². The van der Waals surface area contributed by atoms with Gasteiger partial charge in [-0.1, -0.05) is 6.92 Å². The van der Waals surface area contributed by atoms with Crippen LogP contribution in [0.15, 0.2) is 0 Å². The van der Waals surface area contributed by atoms with Gasteiger partial charge in [-0.2, -0.15) is 0 Å². The monoisotopic (exact) mass is 272 g/mol. The quantitative estimate of drug-likeness (QED) is 0.623. The van der Waals surface area contributed by atoms with E-state index < -0.39 is 36.2 Å². The molecule has 1 saturated heterocycles. The maximum atomic E-state index is 12.1. The van der Waals surface area contributed by atoms with Crippen molar-refractivity contribution in [2.45, 2.75) is 45.4 Å². The summed E-state index contributed by atoms with van der Waals surface area (Å²) in [5.41, 5.74) is 4.96. The van der Waals surface area contributed by atoms with E-state index in [1.54, 1.807) is 6.92 Å². The molecule has 1 aliphatic rings. The number of hydrogen-bond donors (Lipinski definition) is 3. The van der Waals surface area contributed by atoms with Crippen LogP contribution in [0, 0.1) is 11.8 Å². The van der Waals surface area contributed by atoms with Crippen molar-refractivity contribution in [2.75, 3.05) is 0 Å². The number of nitrogens with one attached hydrogen (secondary N) is 1. The predicted molar refractivity (Wildman–Crippen MR) is 66.0 cm³/mol. The van der Waals surface area contributed by atoms with Crippen LogP contribution in [-0.4, -0.2) is 41.1 Å². The maximum absolute atomic E-state index is 12.1. The largest absolute Gasteiger partial charge is 0.480 e. The van der Waals surface area contributed by atoms with Gasteiger partial charge in [-0.3, -0.25) is 9.59 Å². The molecule has 0 aromatic heterocycles. The highest BCUT2D eigenvalue weighted by Gasteiger charge is 2.42. The molecule has 4 N–H and O–H groups in total. The summed E-state index contributed by atoms with van der Waals surface area (Å²) in [4.78, 5) is 33.8. The van der Waals surface area contributed by atoms with Crippen LogP contribution in [-0.2, 0) is 19.1 Å². The summed E-state index contributed by atoms with van der Waals surface area (Å²) in [6.07, 6.45) is -0.773. The smallest absolute Gasteiger partial charge is 0.326 e. The minimum atomic E-state index is -1.29. The van der Waals surface area contributed by atoms with Gasteiger partial charge in [0.1, 0.15) is 6.04 Å². The number of carbonyl (C=O) groups excluding carboxylic acids is 2. The zero-order chi connectivity index (χ0) is 14.7. The minimum absolute atomic E-state index is 0.0157. The summed E-state index contributed by atoms with van der Waals surface area (Å²) in [6.45, 7) is 5.52. The van der Waals surface area contributed by atoms with Gasteiger partial charge >= 0.3 is 5.97 Å². The van der Waals surface area contributed by atoms with Crippen LogP contribution in [0.1, 0.15) is 27.2 Å². The highest BCUT2D eigenvalue weighted by atomic mass is 16.5. The second-order valence-electron chi connectivity index (χ2n) is 5.00. The van der Waals surface area contributed by atoms with E-state index in [0.29, 0.717) is 0 Å². The first kappa shape index (κ1) is 15.4. The van der Waals surface area contributed by atoms with Gasteiger partial charge in [-0.05, 0) is 19.8 Å². The van der Waals surface area contributed by atoms with E-state index in [9.17, 15) is 14.4 Å². The Kier molecular flexibility index (Phi) is 4.88. The standard InChI is InChI=1S/C12H20N2O5/c1-5-6(2)19-7(3)10(5)11(16)14-8(12(17)18)4-9(13)15/h5-8,10H,4H2,1-3H3,(H2,13,15)(H,14,16)(H,17,18). The van der Waals surface area contributed by atoms with E-state index in [1.165, 1.54) is 0 Å². The number of carbonyl (C=O) groups is 3. The fourth-order valence-corrected chi connectivity index (χ4v) is 2.39. The Hall–Kier alpha value is -1.63. The van der Waals surface area contributed by atoms with Gasteiger partial charge < -0.3 is 20.9 Å². The van der Waals surface area contributed by atoms with E-state index in [1.807, 2.05) is 13.8 Å². The summed E-state index contributed by atoms with van der Waals surface area (Å²) in [6, 6.07) is -1.29. The summed E-state index contributed by atoms with van der Waals surface area (Å²) >= 11 is 0. The Balaban J connectivity index is 2.72. The molecule has 7 heteroatoms. The average molecular weight is 272 g/mol. The summed E-state index contributed by atoms with van der Waals surface area (Å²) in [5.74, 6) is -2.91. The summed E-state index contributed by atoms with van der Waals surface area (Å²) < 4.78 is 5.53. The number of carboxylic acids is 1. The van der Waals surface area contributed by atoms with Crippen molar-refractivity contribution < 1.29 is 24.2 Å². The van der Waals surface area contributed by atoms with Gasteiger partial charge in [0, 0.05) is 0 Å². The molecule has 2 amide bonds. The highest BCUT2D eigenvalue weighted by Crippen LogP contribution is 2.32. The Morgan fingerprint density at radius 2 is 1.84 bits per heavy atom. The molecule has 0 bridgehead atoms. The van der Waals surface area contributed by atoms with Crippen LogP contribution >= 0.6 is 0 Å². The lowest BCUT2D eigenvalue weighted by molar-refractivity contribution is -0.144. The lowest BCUT2D eigenvalue weighted by Crippen LogP contribution is -2.47. The average Bonchev–Trinajstić information content (AvgIpc) is 2.51. The number of carboxylic acid groups (broad SMARTS) is 1. The van der Waals surface area contributed by atoms with E-state index in [-0.39, 0.29) is 18.1 Å². The second kappa shape index (κ2) is 6.01.